The highest BCUT2D eigenvalue weighted by Gasteiger charge is 2.32. The van der Waals surface area contributed by atoms with Gasteiger partial charge in [-0.25, -0.2) is 4.79 Å². The molecule has 0 aliphatic rings. The lowest BCUT2D eigenvalue weighted by atomic mass is 9.92. The molecule has 0 saturated heterocycles. The lowest BCUT2D eigenvalue weighted by Gasteiger charge is -2.16. The number of rotatable bonds is 8. The van der Waals surface area contributed by atoms with Crippen molar-refractivity contribution in [3.05, 3.63) is 143 Å². The summed E-state index contributed by atoms with van der Waals surface area (Å²) in [5.41, 5.74) is -1.67. The van der Waals surface area contributed by atoms with E-state index in [4.69, 9.17) is 4.74 Å². The Morgan fingerprint density at radius 1 is 0.646 bits per heavy atom. The summed E-state index contributed by atoms with van der Waals surface area (Å²) in [4.78, 5) is 25.9. The summed E-state index contributed by atoms with van der Waals surface area (Å²) in [6.07, 6.45) is -9.48. The quantitative estimate of drug-likeness (QED) is 0.145. The van der Waals surface area contributed by atoms with Crippen LogP contribution >= 0.6 is 0 Å². The lowest BCUT2D eigenvalue weighted by Crippen LogP contribution is -2.39. The van der Waals surface area contributed by atoms with Gasteiger partial charge in [-0.2, -0.15) is 26.3 Å². The number of benzene rings is 5. The molecule has 5 rings (SSSR count). The number of urea groups is 1. The van der Waals surface area contributed by atoms with Crippen LogP contribution in [0.3, 0.4) is 0 Å². The number of aromatic hydroxyl groups is 1. The maximum absolute atomic E-state index is 13.5. The molecule has 0 aliphatic carbocycles. The fourth-order valence-electron chi connectivity index (χ4n) is 4.82. The van der Waals surface area contributed by atoms with Crippen molar-refractivity contribution < 1.29 is 45.8 Å². The molecule has 5 aromatic carbocycles. The van der Waals surface area contributed by atoms with Gasteiger partial charge in [0.2, 0.25) is 0 Å². The van der Waals surface area contributed by atoms with Gasteiger partial charge in [-0.3, -0.25) is 10.1 Å². The predicted octanol–water partition coefficient (Wildman–Crippen LogP) is 8.98. The molecule has 12 heteroatoms. The van der Waals surface area contributed by atoms with Gasteiger partial charge in [0.05, 0.1) is 11.1 Å². The number of phenols is 1. The zero-order chi connectivity index (χ0) is 34.5. The molecule has 0 radical (unpaired) electrons. The summed E-state index contributed by atoms with van der Waals surface area (Å²) in [5, 5.41) is 15.8. The number of imide groups is 1. The van der Waals surface area contributed by atoms with E-state index in [0.717, 1.165) is 54.1 Å². The van der Waals surface area contributed by atoms with E-state index < -0.39 is 41.2 Å². The Balaban J connectivity index is 1.39. The molecule has 0 spiro atoms. The van der Waals surface area contributed by atoms with E-state index in [1.54, 1.807) is 24.3 Å². The maximum Gasteiger partial charge on any atom is 0.416 e. The van der Waals surface area contributed by atoms with Gasteiger partial charge in [-0.05, 0) is 70.8 Å². The minimum atomic E-state index is -4.74. The number of carbonyl (C=O) groups excluding carboxylic acids is 2. The average Bonchev–Trinajstić information content (AvgIpc) is 3.06. The van der Waals surface area contributed by atoms with Crippen molar-refractivity contribution in [1.29, 1.82) is 0 Å². The Kier molecular flexibility index (Phi) is 9.74. The second-order valence-electron chi connectivity index (χ2n) is 10.6. The largest absolute Gasteiger partial charge is 0.507 e. The minimum absolute atomic E-state index is 0.0117. The normalized spacial score (nSPS) is 11.5. The zero-order valence-electron chi connectivity index (χ0n) is 24.8. The van der Waals surface area contributed by atoms with Crippen LogP contribution in [0.25, 0.3) is 22.3 Å². The third-order valence-corrected chi connectivity index (χ3v) is 7.20. The molecule has 3 N–H and O–H groups in total. The molecule has 0 aliphatic heterocycles. The average molecular weight is 665 g/mol. The first-order chi connectivity index (χ1) is 22.8. The second-order valence-corrected chi connectivity index (χ2v) is 10.6. The Morgan fingerprint density at radius 2 is 1.19 bits per heavy atom. The number of alkyl halides is 6. The number of amides is 3. The summed E-state index contributed by atoms with van der Waals surface area (Å²) < 4.78 is 86.7. The van der Waals surface area contributed by atoms with Gasteiger partial charge in [0, 0.05) is 23.2 Å². The number of nitrogens with one attached hydrogen (secondary N) is 2. The van der Waals surface area contributed by atoms with Crippen LogP contribution < -0.4 is 15.4 Å². The molecule has 0 aromatic heterocycles. The smallest absolute Gasteiger partial charge is 0.416 e. The fraction of sp³-hybridized carbons (Fsp3) is 0.111. The SMILES string of the molecule is O=C(NCc1cccc(OCc2ccccc2)c1)NC(=O)c1cc(-c2cccc(C(F)(F)F)c2)c(O)c(-c2cccc(C(F)(F)F)c2)c1. The van der Waals surface area contributed by atoms with Crippen molar-refractivity contribution in [2.45, 2.75) is 25.5 Å². The minimum Gasteiger partial charge on any atom is -0.507 e. The lowest BCUT2D eigenvalue weighted by molar-refractivity contribution is -0.138. The number of hydrogen-bond donors (Lipinski definition) is 3. The molecular formula is C36H26F6N2O4. The molecule has 3 amide bonds. The van der Waals surface area contributed by atoms with Crippen molar-refractivity contribution in [3.8, 4) is 33.8 Å². The van der Waals surface area contributed by atoms with Crippen molar-refractivity contribution in [3.63, 3.8) is 0 Å². The summed E-state index contributed by atoms with van der Waals surface area (Å²) >= 11 is 0. The van der Waals surface area contributed by atoms with Gasteiger partial charge < -0.3 is 15.2 Å². The highest BCUT2D eigenvalue weighted by atomic mass is 19.4. The Bertz CT molecular complexity index is 1860. The zero-order valence-corrected chi connectivity index (χ0v) is 24.8. The Hall–Kier alpha value is -5.78. The van der Waals surface area contributed by atoms with Crippen molar-refractivity contribution in [2.75, 3.05) is 0 Å². The summed E-state index contributed by atoms with van der Waals surface area (Å²) in [6, 6.07) is 25.3. The molecule has 6 nitrogen and oxygen atoms in total. The van der Waals surface area contributed by atoms with Crippen LogP contribution in [0.1, 0.15) is 32.6 Å². The molecule has 0 unspecified atom stereocenters. The van der Waals surface area contributed by atoms with E-state index in [1.165, 1.54) is 12.1 Å². The van der Waals surface area contributed by atoms with E-state index >= 15 is 0 Å². The number of hydrogen-bond acceptors (Lipinski definition) is 4. The van der Waals surface area contributed by atoms with Gasteiger partial charge >= 0.3 is 18.4 Å². The first-order valence-corrected chi connectivity index (χ1v) is 14.3. The number of carbonyl (C=O) groups is 2. The van der Waals surface area contributed by atoms with Gasteiger partial charge in [-0.15, -0.1) is 0 Å². The molecule has 0 atom stereocenters. The van der Waals surface area contributed by atoms with E-state index in [2.05, 4.69) is 10.6 Å². The van der Waals surface area contributed by atoms with Crippen LogP contribution in [0.4, 0.5) is 31.1 Å². The monoisotopic (exact) mass is 664 g/mol. The molecule has 0 heterocycles. The van der Waals surface area contributed by atoms with Crippen molar-refractivity contribution in [1.82, 2.24) is 10.6 Å². The first kappa shape index (κ1) is 33.6. The van der Waals surface area contributed by atoms with Crippen molar-refractivity contribution in [2.24, 2.45) is 0 Å². The van der Waals surface area contributed by atoms with E-state index in [1.807, 2.05) is 30.3 Å². The van der Waals surface area contributed by atoms with Crippen LogP contribution in [0.15, 0.2) is 115 Å². The Morgan fingerprint density at radius 3 is 1.75 bits per heavy atom. The molecular weight excluding hydrogens is 638 g/mol. The highest BCUT2D eigenvalue weighted by Crippen LogP contribution is 2.42. The summed E-state index contributed by atoms with van der Waals surface area (Å²) in [6.45, 7) is 0.312. The van der Waals surface area contributed by atoms with Crippen LogP contribution in [-0.2, 0) is 25.5 Å². The van der Waals surface area contributed by atoms with Crippen LogP contribution in [0.5, 0.6) is 11.5 Å². The third kappa shape index (κ3) is 8.32. The summed E-state index contributed by atoms with van der Waals surface area (Å²) in [5.74, 6) is -1.14. The van der Waals surface area contributed by atoms with Gasteiger partial charge in [-0.1, -0.05) is 66.7 Å². The topological polar surface area (TPSA) is 87.7 Å². The Labute approximate surface area is 270 Å². The van der Waals surface area contributed by atoms with E-state index in [9.17, 15) is 41.0 Å². The first-order valence-electron chi connectivity index (χ1n) is 14.3. The molecule has 246 valence electrons. The predicted molar refractivity (Wildman–Crippen MR) is 166 cm³/mol. The third-order valence-electron chi connectivity index (χ3n) is 7.20. The van der Waals surface area contributed by atoms with Crippen LogP contribution in [-0.4, -0.2) is 17.0 Å². The molecule has 48 heavy (non-hydrogen) atoms. The highest BCUT2D eigenvalue weighted by molar-refractivity contribution is 6.06. The number of phenolic OH excluding ortho intramolecular Hbond substituents is 1. The van der Waals surface area contributed by atoms with Gasteiger partial charge in [0.25, 0.3) is 5.91 Å². The second kappa shape index (κ2) is 13.9. The molecule has 5 aromatic rings. The standard InChI is InChI=1S/C36H26F6N2O4/c37-35(38,39)27-12-5-10-24(16-27)30-18-26(19-31(32(30)45)25-11-6-13-28(17-25)36(40,41)42)33(46)44-34(47)43-20-23-9-4-14-29(15-23)48-21-22-7-2-1-3-8-22/h1-19,45H,20-21H2,(H2,43,44,46,47). The molecule has 0 saturated carbocycles. The number of ether oxygens (including phenoxy) is 1. The van der Waals surface area contributed by atoms with E-state index in [0.29, 0.717) is 17.9 Å². The molecule has 0 fully saturated rings. The van der Waals surface area contributed by atoms with Gasteiger partial charge in [0.1, 0.15) is 18.1 Å². The van der Waals surface area contributed by atoms with Crippen LogP contribution in [0.2, 0.25) is 0 Å². The van der Waals surface area contributed by atoms with Crippen molar-refractivity contribution >= 4 is 11.9 Å². The molecule has 0 bridgehead atoms. The maximum atomic E-state index is 13.5. The number of halogens is 6. The fourth-order valence-corrected chi connectivity index (χ4v) is 4.82. The van der Waals surface area contributed by atoms with Gasteiger partial charge in [0.15, 0.2) is 0 Å². The van der Waals surface area contributed by atoms with Crippen LogP contribution in [0, 0.1) is 0 Å². The summed E-state index contributed by atoms with van der Waals surface area (Å²) in [7, 11) is 0. The van der Waals surface area contributed by atoms with E-state index in [-0.39, 0.29) is 34.4 Å².